The monoisotopic (exact) mass is 486 g/mol. The van der Waals surface area contributed by atoms with Crippen LogP contribution in [0.4, 0.5) is 0 Å². The van der Waals surface area contributed by atoms with Crippen molar-refractivity contribution >= 4 is 5.97 Å². The van der Waals surface area contributed by atoms with Crippen LogP contribution in [-0.4, -0.2) is 26.8 Å². The van der Waals surface area contributed by atoms with Crippen LogP contribution in [0.1, 0.15) is 28.2 Å². The number of carbonyl (C=O) groups excluding carboxylic acids is 1. The van der Waals surface area contributed by atoms with Crippen molar-refractivity contribution < 1.29 is 28.5 Å². The van der Waals surface area contributed by atoms with E-state index in [1.54, 1.807) is 37.4 Å². The van der Waals surface area contributed by atoms with Gasteiger partial charge in [-0.2, -0.15) is 5.26 Å². The molecule has 0 amide bonds. The van der Waals surface area contributed by atoms with E-state index in [0.29, 0.717) is 34.1 Å². The molecule has 1 aliphatic rings. The fourth-order valence-electron chi connectivity index (χ4n) is 4.07. The molecule has 3 aromatic carbocycles. The molecule has 0 spiro atoms. The van der Waals surface area contributed by atoms with Crippen molar-refractivity contribution in [3.63, 3.8) is 0 Å². The van der Waals surface area contributed by atoms with Gasteiger partial charge in [-0.3, -0.25) is 0 Å². The Morgan fingerprint density at radius 1 is 1.00 bits per heavy atom. The molecule has 8 nitrogen and oxygen atoms in total. The third kappa shape index (κ3) is 4.77. The first-order valence-corrected chi connectivity index (χ1v) is 11.2. The summed E-state index contributed by atoms with van der Waals surface area (Å²) in [6.45, 7) is 3.71. The van der Waals surface area contributed by atoms with Gasteiger partial charge in [0.15, 0.2) is 18.1 Å². The standard InChI is InChI=1S/C28H26N2O6/c1-16-8-9-18(12-17(16)2)34-15-25(31)35-19-10-11-20-24(13-19)36-28(30)22(14-29)26(20)21-6-5-7-23(32-3)27(21)33-4/h5-13,26H,15,30H2,1-4H3. The minimum Gasteiger partial charge on any atom is -0.493 e. The molecular formula is C28H26N2O6. The number of hydrogen-bond acceptors (Lipinski definition) is 8. The zero-order chi connectivity index (χ0) is 25.8. The van der Waals surface area contributed by atoms with Gasteiger partial charge in [-0.05, 0) is 49.2 Å². The van der Waals surface area contributed by atoms with Crippen molar-refractivity contribution in [1.29, 1.82) is 5.26 Å². The van der Waals surface area contributed by atoms with Crippen LogP contribution in [-0.2, 0) is 4.79 Å². The van der Waals surface area contributed by atoms with E-state index < -0.39 is 11.9 Å². The highest BCUT2D eigenvalue weighted by Gasteiger charge is 2.33. The number of benzene rings is 3. The zero-order valence-electron chi connectivity index (χ0n) is 20.5. The molecule has 0 aromatic heterocycles. The Morgan fingerprint density at radius 3 is 2.47 bits per heavy atom. The van der Waals surface area contributed by atoms with Gasteiger partial charge in [0.25, 0.3) is 0 Å². The second kappa shape index (κ2) is 10.3. The summed E-state index contributed by atoms with van der Waals surface area (Å²) in [7, 11) is 3.07. The maximum absolute atomic E-state index is 12.4. The summed E-state index contributed by atoms with van der Waals surface area (Å²) in [6.07, 6.45) is 0. The van der Waals surface area contributed by atoms with Crippen LogP contribution in [0.25, 0.3) is 0 Å². The number of esters is 1. The van der Waals surface area contributed by atoms with Crippen LogP contribution in [0, 0.1) is 25.2 Å². The lowest BCUT2D eigenvalue weighted by molar-refractivity contribution is -0.136. The van der Waals surface area contributed by atoms with Gasteiger partial charge in [-0.25, -0.2) is 4.79 Å². The number of aryl methyl sites for hydroxylation is 2. The molecule has 0 aliphatic carbocycles. The van der Waals surface area contributed by atoms with E-state index in [1.807, 2.05) is 38.1 Å². The molecule has 2 N–H and O–H groups in total. The number of rotatable bonds is 7. The number of carbonyl (C=O) groups is 1. The lowest BCUT2D eigenvalue weighted by Crippen LogP contribution is -2.22. The quantitative estimate of drug-likeness (QED) is 0.383. The normalized spacial score (nSPS) is 14.2. The number of fused-ring (bicyclic) bond motifs is 1. The second-order valence-electron chi connectivity index (χ2n) is 8.22. The van der Waals surface area contributed by atoms with Gasteiger partial charge in [0.05, 0.1) is 20.1 Å². The van der Waals surface area contributed by atoms with Gasteiger partial charge in [0.1, 0.15) is 28.9 Å². The predicted molar refractivity (Wildman–Crippen MR) is 132 cm³/mol. The highest BCUT2D eigenvalue weighted by Crippen LogP contribution is 2.47. The maximum atomic E-state index is 12.4. The van der Waals surface area contributed by atoms with E-state index in [-0.39, 0.29) is 23.8 Å². The first-order valence-electron chi connectivity index (χ1n) is 11.2. The number of nitrogens with two attached hydrogens (primary N) is 1. The highest BCUT2D eigenvalue weighted by atomic mass is 16.6. The van der Waals surface area contributed by atoms with Crippen LogP contribution in [0.3, 0.4) is 0 Å². The van der Waals surface area contributed by atoms with Crippen molar-refractivity contribution in [1.82, 2.24) is 0 Å². The first-order chi connectivity index (χ1) is 17.4. The number of nitriles is 1. The molecule has 8 heteroatoms. The van der Waals surface area contributed by atoms with E-state index in [2.05, 4.69) is 6.07 Å². The third-order valence-corrected chi connectivity index (χ3v) is 6.00. The van der Waals surface area contributed by atoms with Crippen LogP contribution in [0.15, 0.2) is 66.1 Å². The lowest BCUT2D eigenvalue weighted by atomic mass is 9.83. The van der Waals surface area contributed by atoms with Crippen molar-refractivity contribution in [2.45, 2.75) is 19.8 Å². The molecule has 3 aromatic rings. The minimum atomic E-state index is -0.573. The largest absolute Gasteiger partial charge is 0.493 e. The van der Waals surface area contributed by atoms with Crippen molar-refractivity contribution in [2.24, 2.45) is 5.73 Å². The van der Waals surface area contributed by atoms with Gasteiger partial charge in [-0.1, -0.05) is 24.3 Å². The highest BCUT2D eigenvalue weighted by molar-refractivity contribution is 5.74. The Kier molecular flexibility index (Phi) is 7.02. The summed E-state index contributed by atoms with van der Waals surface area (Å²) in [5.74, 6) is 1.03. The topological polar surface area (TPSA) is 113 Å². The molecule has 1 aliphatic heterocycles. The summed E-state index contributed by atoms with van der Waals surface area (Å²) >= 11 is 0. The van der Waals surface area contributed by atoms with Crippen molar-refractivity contribution in [3.05, 3.63) is 88.3 Å². The van der Waals surface area contributed by atoms with E-state index in [1.165, 1.54) is 7.11 Å². The molecular weight excluding hydrogens is 460 g/mol. The summed E-state index contributed by atoms with van der Waals surface area (Å²) < 4.78 is 27.8. The number of ether oxygens (including phenoxy) is 5. The summed E-state index contributed by atoms with van der Waals surface area (Å²) in [4.78, 5) is 12.4. The average Bonchev–Trinajstić information content (AvgIpc) is 2.87. The lowest BCUT2D eigenvalue weighted by Gasteiger charge is -2.28. The minimum absolute atomic E-state index is 0.0403. The van der Waals surface area contributed by atoms with Gasteiger partial charge in [0, 0.05) is 17.2 Å². The fraction of sp³-hybridized carbons (Fsp3) is 0.214. The Hall–Kier alpha value is -4.64. The maximum Gasteiger partial charge on any atom is 0.349 e. The van der Waals surface area contributed by atoms with Crippen LogP contribution in [0.5, 0.6) is 28.7 Å². The third-order valence-electron chi connectivity index (χ3n) is 6.00. The summed E-state index contributed by atoms with van der Waals surface area (Å²) in [5, 5.41) is 9.84. The number of nitrogens with zero attached hydrogens (tertiary/aromatic N) is 1. The van der Waals surface area contributed by atoms with Gasteiger partial charge in [0.2, 0.25) is 5.88 Å². The Morgan fingerprint density at radius 2 is 1.78 bits per heavy atom. The number of hydrogen-bond donors (Lipinski definition) is 1. The van der Waals surface area contributed by atoms with Crippen LogP contribution >= 0.6 is 0 Å². The zero-order valence-corrected chi connectivity index (χ0v) is 20.5. The second-order valence-corrected chi connectivity index (χ2v) is 8.22. The van der Waals surface area contributed by atoms with E-state index in [9.17, 15) is 10.1 Å². The molecule has 36 heavy (non-hydrogen) atoms. The van der Waals surface area contributed by atoms with Gasteiger partial charge < -0.3 is 29.4 Å². The van der Waals surface area contributed by atoms with Gasteiger partial charge >= 0.3 is 5.97 Å². The van der Waals surface area contributed by atoms with Crippen molar-refractivity contribution in [3.8, 4) is 34.8 Å². The smallest absolute Gasteiger partial charge is 0.349 e. The molecule has 0 bridgehead atoms. The fourth-order valence-corrected chi connectivity index (χ4v) is 4.07. The van der Waals surface area contributed by atoms with Crippen LogP contribution in [0.2, 0.25) is 0 Å². The number of methoxy groups -OCH3 is 2. The predicted octanol–water partition coefficient (Wildman–Crippen LogP) is 4.52. The van der Waals surface area contributed by atoms with Crippen molar-refractivity contribution in [2.75, 3.05) is 20.8 Å². The number of allylic oxidation sites excluding steroid dienone is 1. The van der Waals surface area contributed by atoms with E-state index in [0.717, 1.165) is 11.1 Å². The molecule has 4 rings (SSSR count). The molecule has 184 valence electrons. The first kappa shape index (κ1) is 24.5. The number of para-hydroxylation sites is 1. The molecule has 0 radical (unpaired) electrons. The molecule has 0 saturated heterocycles. The molecule has 1 heterocycles. The average molecular weight is 487 g/mol. The summed E-state index contributed by atoms with van der Waals surface area (Å²) in [5.41, 5.74) is 9.91. The van der Waals surface area contributed by atoms with E-state index >= 15 is 0 Å². The molecule has 1 unspecified atom stereocenters. The SMILES string of the molecule is COc1cccc(C2C(C#N)=C(N)Oc3cc(OC(=O)COc4ccc(C)c(C)c4)ccc32)c1OC. The Bertz CT molecular complexity index is 1390. The summed E-state index contributed by atoms with van der Waals surface area (Å²) in [6, 6.07) is 18.1. The molecule has 0 saturated carbocycles. The molecule has 1 atom stereocenters. The Balaban J connectivity index is 1.59. The molecule has 0 fully saturated rings. The van der Waals surface area contributed by atoms with Crippen LogP contribution < -0.4 is 29.4 Å². The van der Waals surface area contributed by atoms with Gasteiger partial charge in [-0.15, -0.1) is 0 Å². The Labute approximate surface area is 209 Å². The van der Waals surface area contributed by atoms with E-state index in [4.69, 9.17) is 29.4 Å².